The monoisotopic (exact) mass is 519 g/mol. The SMILES string of the molecule is Cc1nccn1-c1ccc(N2CCCC(C(=O)Nc3ccc(S(=O)(=O)Nc4ncccn4)cc3)C2)nn1. The van der Waals surface area contributed by atoms with Crippen molar-refractivity contribution in [2.24, 2.45) is 5.92 Å². The van der Waals surface area contributed by atoms with E-state index in [1.807, 2.05) is 29.8 Å². The normalized spacial score (nSPS) is 15.8. The summed E-state index contributed by atoms with van der Waals surface area (Å²) in [6.45, 7) is 3.19. The zero-order chi connectivity index (χ0) is 25.8. The van der Waals surface area contributed by atoms with Gasteiger partial charge in [0.2, 0.25) is 11.9 Å². The van der Waals surface area contributed by atoms with Gasteiger partial charge in [0.15, 0.2) is 11.6 Å². The number of aryl methyl sites for hydroxylation is 1. The Hall–Kier alpha value is -4.39. The molecule has 1 aliphatic heterocycles. The molecule has 1 aromatic carbocycles. The Labute approximate surface area is 213 Å². The molecule has 1 aliphatic rings. The van der Waals surface area contributed by atoms with E-state index in [2.05, 4.69) is 40.1 Å². The fraction of sp³-hybridized carbons (Fsp3) is 0.250. The van der Waals surface area contributed by atoms with E-state index in [1.54, 1.807) is 24.4 Å². The molecule has 1 amide bonds. The first-order chi connectivity index (χ1) is 17.9. The summed E-state index contributed by atoms with van der Waals surface area (Å²) in [7, 11) is -3.85. The van der Waals surface area contributed by atoms with Gasteiger partial charge < -0.3 is 10.2 Å². The van der Waals surface area contributed by atoms with Crippen molar-refractivity contribution >= 4 is 33.4 Å². The highest BCUT2D eigenvalue weighted by atomic mass is 32.2. The molecule has 0 bridgehead atoms. The van der Waals surface area contributed by atoms with Gasteiger partial charge in [-0.3, -0.25) is 9.36 Å². The van der Waals surface area contributed by atoms with Crippen LogP contribution in [0.4, 0.5) is 17.5 Å². The van der Waals surface area contributed by atoms with E-state index < -0.39 is 10.0 Å². The Kier molecular flexibility index (Phi) is 6.77. The van der Waals surface area contributed by atoms with Crippen LogP contribution in [0.2, 0.25) is 0 Å². The van der Waals surface area contributed by atoms with Crippen LogP contribution in [0, 0.1) is 12.8 Å². The first-order valence-electron chi connectivity index (χ1n) is 11.7. The van der Waals surface area contributed by atoms with Crippen molar-refractivity contribution in [3.8, 4) is 5.82 Å². The first kappa shape index (κ1) is 24.3. The van der Waals surface area contributed by atoms with E-state index in [-0.39, 0.29) is 22.7 Å². The molecular weight excluding hydrogens is 494 g/mol. The van der Waals surface area contributed by atoms with Gasteiger partial charge in [-0.05, 0) is 62.2 Å². The number of imidazole rings is 1. The standard InChI is InChI=1S/C24H25N9O3S/c1-17-25-13-15-33(17)22-10-9-21(29-30-22)32-14-2-4-18(16-32)23(34)28-19-5-7-20(8-6-19)37(35,36)31-24-26-11-3-12-27-24/h3,5-13,15,18H,2,4,14,16H2,1H3,(H,28,34)(H,26,27,31). The zero-order valence-electron chi connectivity index (χ0n) is 20.0. The highest BCUT2D eigenvalue weighted by Gasteiger charge is 2.27. The Bertz CT molecular complexity index is 1470. The topological polar surface area (TPSA) is 148 Å². The van der Waals surface area contributed by atoms with Gasteiger partial charge in [0.1, 0.15) is 5.82 Å². The number of anilines is 3. The average Bonchev–Trinajstić information content (AvgIpc) is 3.35. The van der Waals surface area contributed by atoms with E-state index in [1.165, 1.54) is 24.5 Å². The van der Waals surface area contributed by atoms with Gasteiger partial charge in [-0.2, -0.15) is 0 Å². The third-order valence-corrected chi connectivity index (χ3v) is 7.39. The lowest BCUT2D eigenvalue weighted by Crippen LogP contribution is -2.41. The van der Waals surface area contributed by atoms with E-state index in [4.69, 9.17) is 0 Å². The van der Waals surface area contributed by atoms with E-state index in [0.29, 0.717) is 23.9 Å². The van der Waals surface area contributed by atoms with Gasteiger partial charge in [0, 0.05) is 43.6 Å². The number of nitrogens with zero attached hydrogens (tertiary/aromatic N) is 7. The number of sulfonamides is 1. The maximum Gasteiger partial charge on any atom is 0.264 e. The predicted molar refractivity (Wildman–Crippen MR) is 137 cm³/mol. The summed E-state index contributed by atoms with van der Waals surface area (Å²) in [6, 6.07) is 11.3. The molecule has 0 saturated carbocycles. The van der Waals surface area contributed by atoms with Gasteiger partial charge in [0.25, 0.3) is 10.0 Å². The maximum absolute atomic E-state index is 13.0. The number of benzene rings is 1. The van der Waals surface area contributed by atoms with Crippen molar-refractivity contribution < 1.29 is 13.2 Å². The van der Waals surface area contributed by atoms with Crippen molar-refractivity contribution in [1.29, 1.82) is 0 Å². The van der Waals surface area contributed by atoms with E-state index in [0.717, 1.165) is 25.2 Å². The molecule has 0 spiro atoms. The molecule has 12 nitrogen and oxygen atoms in total. The number of carbonyl (C=O) groups is 1. The lowest BCUT2D eigenvalue weighted by molar-refractivity contribution is -0.120. The number of piperidine rings is 1. The number of hydrogen-bond donors (Lipinski definition) is 2. The summed E-state index contributed by atoms with van der Waals surface area (Å²) in [5, 5.41) is 11.6. The molecule has 1 fully saturated rings. The number of nitrogens with one attached hydrogen (secondary N) is 2. The van der Waals surface area contributed by atoms with Crippen molar-refractivity contribution in [3.63, 3.8) is 0 Å². The minimum absolute atomic E-state index is 0.0158. The van der Waals surface area contributed by atoms with E-state index in [9.17, 15) is 13.2 Å². The summed E-state index contributed by atoms with van der Waals surface area (Å²) < 4.78 is 29.3. The lowest BCUT2D eigenvalue weighted by atomic mass is 9.97. The van der Waals surface area contributed by atoms with Gasteiger partial charge in [-0.25, -0.2) is 28.1 Å². The van der Waals surface area contributed by atoms with Crippen LogP contribution in [0.15, 0.2) is 72.1 Å². The third-order valence-electron chi connectivity index (χ3n) is 6.05. The molecule has 2 N–H and O–H groups in total. The highest BCUT2D eigenvalue weighted by molar-refractivity contribution is 7.92. The van der Waals surface area contributed by atoms with Crippen LogP contribution >= 0.6 is 0 Å². The lowest BCUT2D eigenvalue weighted by Gasteiger charge is -2.32. The van der Waals surface area contributed by atoms with E-state index >= 15 is 0 Å². The highest BCUT2D eigenvalue weighted by Crippen LogP contribution is 2.24. The second-order valence-corrected chi connectivity index (χ2v) is 10.3. The fourth-order valence-corrected chi connectivity index (χ4v) is 5.09. The van der Waals surface area contributed by atoms with Crippen molar-refractivity contribution in [3.05, 3.63) is 73.1 Å². The Morgan fingerprint density at radius 2 is 1.70 bits per heavy atom. The molecule has 1 atom stereocenters. The molecule has 37 heavy (non-hydrogen) atoms. The summed E-state index contributed by atoms with van der Waals surface area (Å²) in [5.74, 6) is 1.83. The molecule has 1 unspecified atom stereocenters. The van der Waals surface area contributed by atoms with Crippen molar-refractivity contribution in [2.75, 3.05) is 28.0 Å². The van der Waals surface area contributed by atoms with Crippen molar-refractivity contribution in [1.82, 2.24) is 29.7 Å². The molecular formula is C24H25N9O3S. The quantitative estimate of drug-likeness (QED) is 0.375. The van der Waals surface area contributed by atoms with Gasteiger partial charge >= 0.3 is 0 Å². The summed E-state index contributed by atoms with van der Waals surface area (Å²) in [5.41, 5.74) is 0.511. The van der Waals surface area contributed by atoms with Crippen LogP contribution < -0.4 is 14.9 Å². The molecule has 0 radical (unpaired) electrons. The first-order valence-corrected chi connectivity index (χ1v) is 13.2. The third kappa shape index (κ3) is 5.56. The Balaban J connectivity index is 1.20. The molecule has 13 heteroatoms. The number of amides is 1. The predicted octanol–water partition coefficient (Wildman–Crippen LogP) is 2.42. The zero-order valence-corrected chi connectivity index (χ0v) is 20.8. The number of hydrogen-bond acceptors (Lipinski definition) is 9. The summed E-state index contributed by atoms with van der Waals surface area (Å²) >= 11 is 0. The molecule has 1 saturated heterocycles. The molecule has 0 aliphatic carbocycles. The van der Waals surface area contributed by atoms with Crippen LogP contribution in [0.5, 0.6) is 0 Å². The Morgan fingerprint density at radius 3 is 2.38 bits per heavy atom. The fourth-order valence-electron chi connectivity index (χ4n) is 4.13. The molecule has 3 aromatic heterocycles. The van der Waals surface area contributed by atoms with Crippen LogP contribution in [0.1, 0.15) is 18.7 Å². The molecule has 5 rings (SSSR count). The van der Waals surface area contributed by atoms with Crippen LogP contribution in [-0.4, -0.2) is 57.1 Å². The smallest absolute Gasteiger partial charge is 0.264 e. The number of aromatic nitrogens is 6. The Morgan fingerprint density at radius 1 is 0.973 bits per heavy atom. The summed E-state index contributed by atoms with van der Waals surface area (Å²) in [4.78, 5) is 27.0. The van der Waals surface area contributed by atoms with Gasteiger partial charge in [0.05, 0.1) is 10.8 Å². The summed E-state index contributed by atoms with van der Waals surface area (Å²) in [6.07, 6.45) is 8.01. The van der Waals surface area contributed by atoms with Crippen molar-refractivity contribution in [2.45, 2.75) is 24.7 Å². The minimum atomic E-state index is -3.85. The number of rotatable bonds is 7. The largest absolute Gasteiger partial charge is 0.354 e. The molecule has 4 aromatic rings. The minimum Gasteiger partial charge on any atom is -0.354 e. The van der Waals surface area contributed by atoms with Crippen LogP contribution in [-0.2, 0) is 14.8 Å². The van der Waals surface area contributed by atoms with Crippen LogP contribution in [0.25, 0.3) is 5.82 Å². The number of carbonyl (C=O) groups excluding carboxylic acids is 1. The average molecular weight is 520 g/mol. The second-order valence-electron chi connectivity index (χ2n) is 8.57. The maximum atomic E-state index is 13.0. The molecule has 190 valence electrons. The van der Waals surface area contributed by atoms with Gasteiger partial charge in [-0.1, -0.05) is 0 Å². The van der Waals surface area contributed by atoms with Crippen LogP contribution in [0.3, 0.4) is 0 Å². The second kappa shape index (κ2) is 10.3. The molecule has 4 heterocycles. The van der Waals surface area contributed by atoms with Gasteiger partial charge in [-0.15, -0.1) is 10.2 Å².